The van der Waals surface area contributed by atoms with E-state index in [1.54, 1.807) is 4.90 Å². The van der Waals surface area contributed by atoms with Gasteiger partial charge in [0.25, 0.3) is 11.6 Å². The molecular weight excluding hydrogens is 390 g/mol. The summed E-state index contributed by atoms with van der Waals surface area (Å²) in [5.41, 5.74) is 2.94. The minimum Gasteiger partial charge on any atom is -0.455 e. The molecule has 156 valence electrons. The lowest BCUT2D eigenvalue weighted by atomic mass is 10.1. The molecule has 0 spiro atoms. The number of hydrogen-bond acceptors (Lipinski definition) is 6. The van der Waals surface area contributed by atoms with Gasteiger partial charge >= 0.3 is 5.97 Å². The van der Waals surface area contributed by atoms with Crippen LogP contribution in [-0.2, 0) is 19.1 Å². The van der Waals surface area contributed by atoms with Crippen LogP contribution in [0.5, 0.6) is 0 Å². The highest BCUT2D eigenvalue weighted by Crippen LogP contribution is 2.27. The van der Waals surface area contributed by atoms with Crippen molar-refractivity contribution in [2.45, 2.75) is 20.3 Å². The quantitative estimate of drug-likeness (QED) is 0.443. The van der Waals surface area contributed by atoms with Crippen molar-refractivity contribution in [3.8, 4) is 0 Å². The highest BCUT2D eigenvalue weighted by atomic mass is 16.6. The Morgan fingerprint density at radius 1 is 1.20 bits per heavy atom. The molecule has 1 heterocycles. The number of ether oxygens (including phenoxy) is 1. The van der Waals surface area contributed by atoms with Crippen LogP contribution in [0.25, 0.3) is 0 Å². The monoisotopic (exact) mass is 411 g/mol. The van der Waals surface area contributed by atoms with Crippen LogP contribution in [0, 0.1) is 29.9 Å². The molecular formula is C21H21N3O6. The van der Waals surface area contributed by atoms with E-state index in [1.165, 1.54) is 24.3 Å². The summed E-state index contributed by atoms with van der Waals surface area (Å²) < 4.78 is 5.05. The fourth-order valence-electron chi connectivity index (χ4n) is 3.16. The number of carbonyl (C=O) groups is 3. The van der Waals surface area contributed by atoms with Crippen molar-refractivity contribution in [2.24, 2.45) is 5.92 Å². The number of amides is 2. The van der Waals surface area contributed by atoms with Crippen molar-refractivity contribution in [1.29, 1.82) is 0 Å². The first kappa shape index (κ1) is 21.0. The topological polar surface area (TPSA) is 119 Å². The average Bonchev–Trinajstić information content (AvgIpc) is 3.10. The molecule has 2 amide bonds. The van der Waals surface area contributed by atoms with Gasteiger partial charge in [0.05, 0.1) is 10.8 Å². The number of hydrogen-bond donors (Lipinski definition) is 1. The highest BCUT2D eigenvalue weighted by Gasteiger charge is 2.36. The summed E-state index contributed by atoms with van der Waals surface area (Å²) in [6.45, 7) is 3.57. The van der Waals surface area contributed by atoms with E-state index in [4.69, 9.17) is 4.74 Å². The fraction of sp³-hybridized carbons (Fsp3) is 0.286. The van der Waals surface area contributed by atoms with Gasteiger partial charge in [0, 0.05) is 36.5 Å². The van der Waals surface area contributed by atoms with E-state index in [-0.39, 0.29) is 30.2 Å². The lowest BCUT2D eigenvalue weighted by Crippen LogP contribution is -2.28. The second-order valence-electron chi connectivity index (χ2n) is 7.14. The van der Waals surface area contributed by atoms with E-state index in [1.807, 2.05) is 32.0 Å². The lowest BCUT2D eigenvalue weighted by Gasteiger charge is -2.17. The molecule has 0 saturated carbocycles. The maximum absolute atomic E-state index is 12.3. The molecule has 30 heavy (non-hydrogen) atoms. The summed E-state index contributed by atoms with van der Waals surface area (Å²) in [7, 11) is 0. The third-order valence-corrected chi connectivity index (χ3v) is 4.95. The van der Waals surface area contributed by atoms with Crippen molar-refractivity contribution in [3.05, 3.63) is 63.7 Å². The number of nitrogens with zero attached hydrogens (tertiary/aromatic N) is 2. The number of esters is 1. The Morgan fingerprint density at radius 2 is 1.97 bits per heavy atom. The molecule has 1 fully saturated rings. The second kappa shape index (κ2) is 8.73. The standard InChI is InChI=1S/C21H21N3O6/c1-13-6-7-17(8-14(13)2)23-11-15(9-20(23)26)21(27)30-12-19(25)22-16-4-3-5-18(10-16)24(28)29/h3-8,10,15H,9,11-12H2,1-2H3,(H,22,25)/t15-/m1/s1. The van der Waals surface area contributed by atoms with Gasteiger partial charge < -0.3 is 15.0 Å². The zero-order valence-electron chi connectivity index (χ0n) is 16.6. The van der Waals surface area contributed by atoms with Crippen LogP contribution in [0.15, 0.2) is 42.5 Å². The smallest absolute Gasteiger partial charge is 0.311 e. The lowest BCUT2D eigenvalue weighted by molar-refractivity contribution is -0.384. The first-order chi connectivity index (χ1) is 14.2. The maximum atomic E-state index is 12.3. The van der Waals surface area contributed by atoms with E-state index in [2.05, 4.69) is 5.32 Å². The Labute approximate surface area is 172 Å². The molecule has 1 saturated heterocycles. The van der Waals surface area contributed by atoms with Crippen molar-refractivity contribution >= 4 is 34.8 Å². The molecule has 3 rings (SSSR count). The van der Waals surface area contributed by atoms with E-state index in [0.717, 1.165) is 16.8 Å². The molecule has 1 aliphatic rings. The third kappa shape index (κ3) is 4.80. The number of nitro benzene ring substituents is 1. The zero-order chi connectivity index (χ0) is 21.8. The second-order valence-corrected chi connectivity index (χ2v) is 7.14. The van der Waals surface area contributed by atoms with Crippen LogP contribution in [-0.4, -0.2) is 35.9 Å². The first-order valence-corrected chi connectivity index (χ1v) is 9.33. The van der Waals surface area contributed by atoms with Gasteiger partial charge in [0.1, 0.15) is 0 Å². The van der Waals surface area contributed by atoms with Gasteiger partial charge in [0.15, 0.2) is 6.61 Å². The molecule has 9 nitrogen and oxygen atoms in total. The Balaban J connectivity index is 1.54. The summed E-state index contributed by atoms with van der Waals surface area (Å²) >= 11 is 0. The number of benzene rings is 2. The summed E-state index contributed by atoms with van der Waals surface area (Å²) in [5, 5.41) is 13.2. The van der Waals surface area contributed by atoms with E-state index < -0.39 is 29.3 Å². The molecule has 1 N–H and O–H groups in total. The van der Waals surface area contributed by atoms with Gasteiger partial charge in [-0.15, -0.1) is 0 Å². The molecule has 1 aliphatic heterocycles. The number of anilines is 2. The van der Waals surface area contributed by atoms with E-state index >= 15 is 0 Å². The molecule has 2 aromatic rings. The summed E-state index contributed by atoms with van der Waals surface area (Å²) in [6.07, 6.45) is 0.0122. The SMILES string of the molecule is Cc1ccc(N2C[C@H](C(=O)OCC(=O)Nc3cccc([N+](=O)[O-])c3)CC2=O)cc1C. The Morgan fingerprint density at radius 3 is 2.67 bits per heavy atom. The Bertz CT molecular complexity index is 1020. The van der Waals surface area contributed by atoms with Crippen molar-refractivity contribution in [3.63, 3.8) is 0 Å². The van der Waals surface area contributed by atoms with Gasteiger partial charge in [-0.3, -0.25) is 24.5 Å². The Hall–Kier alpha value is -3.75. The van der Waals surface area contributed by atoms with Gasteiger partial charge in [-0.25, -0.2) is 0 Å². The van der Waals surface area contributed by atoms with Crippen LogP contribution >= 0.6 is 0 Å². The average molecular weight is 411 g/mol. The molecule has 2 aromatic carbocycles. The van der Waals surface area contributed by atoms with Crippen LogP contribution in [0.1, 0.15) is 17.5 Å². The van der Waals surface area contributed by atoms with Crippen LogP contribution < -0.4 is 10.2 Å². The largest absolute Gasteiger partial charge is 0.455 e. The predicted molar refractivity (Wildman–Crippen MR) is 109 cm³/mol. The van der Waals surface area contributed by atoms with Gasteiger partial charge in [-0.1, -0.05) is 12.1 Å². The zero-order valence-corrected chi connectivity index (χ0v) is 16.6. The fourth-order valence-corrected chi connectivity index (χ4v) is 3.16. The molecule has 0 aliphatic carbocycles. The van der Waals surface area contributed by atoms with Crippen molar-refractivity contribution in [2.75, 3.05) is 23.4 Å². The molecule has 0 radical (unpaired) electrons. The molecule has 0 bridgehead atoms. The number of nitrogens with one attached hydrogen (secondary N) is 1. The van der Waals surface area contributed by atoms with Crippen LogP contribution in [0.4, 0.5) is 17.1 Å². The summed E-state index contributed by atoms with van der Waals surface area (Å²) in [4.78, 5) is 48.4. The summed E-state index contributed by atoms with van der Waals surface area (Å²) in [5.74, 6) is -2.10. The molecule has 0 unspecified atom stereocenters. The number of rotatable bonds is 6. The summed E-state index contributed by atoms with van der Waals surface area (Å²) in [6, 6.07) is 11.1. The number of carbonyl (C=O) groups excluding carboxylic acids is 3. The third-order valence-electron chi connectivity index (χ3n) is 4.95. The minimum absolute atomic E-state index is 0.0122. The highest BCUT2D eigenvalue weighted by molar-refractivity contribution is 6.00. The van der Waals surface area contributed by atoms with E-state index in [9.17, 15) is 24.5 Å². The Kier molecular flexibility index (Phi) is 6.10. The van der Waals surface area contributed by atoms with Crippen molar-refractivity contribution in [1.82, 2.24) is 0 Å². The van der Waals surface area contributed by atoms with Gasteiger partial charge in [-0.05, 0) is 43.2 Å². The van der Waals surface area contributed by atoms with E-state index in [0.29, 0.717) is 0 Å². The maximum Gasteiger partial charge on any atom is 0.311 e. The number of non-ortho nitro benzene ring substituents is 1. The van der Waals surface area contributed by atoms with Crippen LogP contribution in [0.3, 0.4) is 0 Å². The predicted octanol–water partition coefficient (Wildman–Crippen LogP) is 2.75. The number of aryl methyl sites for hydroxylation is 2. The molecule has 9 heteroatoms. The van der Waals surface area contributed by atoms with Crippen LogP contribution in [0.2, 0.25) is 0 Å². The van der Waals surface area contributed by atoms with Crippen molar-refractivity contribution < 1.29 is 24.0 Å². The van der Waals surface area contributed by atoms with Gasteiger partial charge in [0.2, 0.25) is 5.91 Å². The normalized spacial score (nSPS) is 15.7. The molecule has 0 aromatic heterocycles. The number of nitro groups is 1. The molecule has 1 atom stereocenters. The van der Waals surface area contributed by atoms with Gasteiger partial charge in [-0.2, -0.15) is 0 Å². The first-order valence-electron chi connectivity index (χ1n) is 9.33. The minimum atomic E-state index is -0.662.